The molecule has 1 unspecified atom stereocenters. The Balaban J connectivity index is 1.63. The van der Waals surface area contributed by atoms with Gasteiger partial charge in [0.2, 0.25) is 0 Å². The fourth-order valence-corrected chi connectivity index (χ4v) is 2.59. The molecule has 3 rings (SSSR count). The Morgan fingerprint density at radius 2 is 2.05 bits per heavy atom. The van der Waals surface area contributed by atoms with Crippen molar-refractivity contribution in [2.45, 2.75) is 12.7 Å². The van der Waals surface area contributed by atoms with Crippen LogP contribution in [-0.2, 0) is 16.2 Å². The van der Waals surface area contributed by atoms with Crippen molar-refractivity contribution in [3.63, 3.8) is 0 Å². The minimum Gasteiger partial charge on any atom is -0.448 e. The van der Waals surface area contributed by atoms with E-state index in [0.29, 0.717) is 15.6 Å². The molecule has 0 saturated carbocycles. The third-order valence-corrected chi connectivity index (χ3v) is 3.81. The molecule has 0 radical (unpaired) electrons. The van der Waals surface area contributed by atoms with Crippen LogP contribution in [0.4, 0.5) is 0 Å². The largest absolute Gasteiger partial charge is 0.448 e. The maximum absolute atomic E-state index is 11.7. The Hall–Kier alpha value is -2.04. The van der Waals surface area contributed by atoms with Gasteiger partial charge in [0.1, 0.15) is 6.61 Å². The third kappa shape index (κ3) is 3.08. The van der Waals surface area contributed by atoms with E-state index < -0.39 is 6.10 Å². The van der Waals surface area contributed by atoms with Gasteiger partial charge in [0.25, 0.3) is 0 Å². The average molecular weight is 336 g/mol. The standard InChI is InChI=1S/C16H11Cl2NO3/c17-11-6-5-10(14(18)7-11)9-21-19-8-15-12-3-1-2-4-13(12)16(20)22-15/h1-8,15H,9H2/b19-8+. The zero-order chi connectivity index (χ0) is 15.5. The second-order valence-corrected chi connectivity index (χ2v) is 5.52. The van der Waals surface area contributed by atoms with Gasteiger partial charge in [-0.05, 0) is 18.2 Å². The Bertz CT molecular complexity index is 746. The van der Waals surface area contributed by atoms with Crippen LogP contribution in [-0.4, -0.2) is 12.2 Å². The third-order valence-electron chi connectivity index (χ3n) is 3.23. The monoisotopic (exact) mass is 335 g/mol. The lowest BCUT2D eigenvalue weighted by atomic mass is 10.1. The van der Waals surface area contributed by atoms with Gasteiger partial charge in [-0.1, -0.05) is 52.6 Å². The molecule has 22 heavy (non-hydrogen) atoms. The van der Waals surface area contributed by atoms with Crippen molar-refractivity contribution in [2.75, 3.05) is 0 Å². The highest BCUT2D eigenvalue weighted by molar-refractivity contribution is 6.35. The maximum Gasteiger partial charge on any atom is 0.339 e. The zero-order valence-corrected chi connectivity index (χ0v) is 12.8. The summed E-state index contributed by atoms with van der Waals surface area (Å²) in [5.41, 5.74) is 2.11. The minimum atomic E-state index is -0.524. The maximum atomic E-state index is 11.7. The van der Waals surface area contributed by atoms with E-state index in [9.17, 15) is 4.79 Å². The van der Waals surface area contributed by atoms with Gasteiger partial charge in [-0.3, -0.25) is 0 Å². The van der Waals surface area contributed by atoms with Gasteiger partial charge in [-0.2, -0.15) is 0 Å². The number of oxime groups is 1. The van der Waals surface area contributed by atoms with Crippen LogP contribution in [0.2, 0.25) is 10.0 Å². The van der Waals surface area contributed by atoms with Gasteiger partial charge in [0, 0.05) is 21.2 Å². The normalized spacial score (nSPS) is 16.6. The van der Waals surface area contributed by atoms with Gasteiger partial charge in [-0.25, -0.2) is 4.79 Å². The lowest BCUT2D eigenvalue weighted by Crippen LogP contribution is -2.00. The topological polar surface area (TPSA) is 47.9 Å². The summed E-state index contributed by atoms with van der Waals surface area (Å²) in [5.74, 6) is -0.354. The van der Waals surface area contributed by atoms with Gasteiger partial charge in [0.05, 0.1) is 11.8 Å². The van der Waals surface area contributed by atoms with E-state index in [1.807, 2.05) is 12.1 Å². The van der Waals surface area contributed by atoms with Crippen LogP contribution in [0.25, 0.3) is 0 Å². The first-order valence-electron chi connectivity index (χ1n) is 6.54. The number of rotatable bonds is 4. The molecule has 2 aromatic rings. The molecule has 0 spiro atoms. The summed E-state index contributed by atoms with van der Waals surface area (Å²) < 4.78 is 5.21. The number of ether oxygens (including phenoxy) is 1. The van der Waals surface area contributed by atoms with Gasteiger partial charge in [-0.15, -0.1) is 0 Å². The second-order valence-electron chi connectivity index (χ2n) is 4.68. The number of nitrogens with zero attached hydrogens (tertiary/aromatic N) is 1. The molecular formula is C16H11Cl2NO3. The summed E-state index contributed by atoms with van der Waals surface area (Å²) in [5, 5.41) is 4.93. The molecule has 0 N–H and O–H groups in total. The summed E-state index contributed by atoms with van der Waals surface area (Å²) >= 11 is 11.9. The van der Waals surface area contributed by atoms with Gasteiger partial charge >= 0.3 is 5.97 Å². The Morgan fingerprint density at radius 1 is 1.23 bits per heavy atom. The van der Waals surface area contributed by atoms with Crippen molar-refractivity contribution in [3.8, 4) is 0 Å². The highest BCUT2D eigenvalue weighted by Gasteiger charge is 2.29. The molecule has 1 atom stereocenters. The van der Waals surface area contributed by atoms with Crippen LogP contribution in [0.1, 0.15) is 27.6 Å². The SMILES string of the molecule is O=C1OC(/C=N/OCc2ccc(Cl)cc2Cl)c2ccccc21. The van der Waals surface area contributed by atoms with Crippen LogP contribution in [0.15, 0.2) is 47.6 Å². The van der Waals surface area contributed by atoms with Crippen LogP contribution < -0.4 is 0 Å². The van der Waals surface area contributed by atoms with Gasteiger partial charge in [0.15, 0.2) is 6.10 Å². The zero-order valence-electron chi connectivity index (χ0n) is 11.3. The fraction of sp³-hybridized carbons (Fsp3) is 0.125. The Morgan fingerprint density at radius 3 is 2.86 bits per heavy atom. The molecule has 0 aliphatic carbocycles. The van der Waals surface area contributed by atoms with Crippen molar-refractivity contribution in [1.29, 1.82) is 0 Å². The summed E-state index contributed by atoms with van der Waals surface area (Å²) in [7, 11) is 0. The molecule has 1 aliphatic heterocycles. The molecule has 0 amide bonds. The van der Waals surface area contributed by atoms with E-state index in [2.05, 4.69) is 5.16 Å². The molecule has 0 saturated heterocycles. The molecule has 0 aromatic heterocycles. The van der Waals surface area contributed by atoms with Crippen molar-refractivity contribution >= 4 is 35.4 Å². The molecular weight excluding hydrogens is 325 g/mol. The first kappa shape index (κ1) is 14.9. The van der Waals surface area contributed by atoms with Gasteiger partial charge < -0.3 is 9.57 Å². The Kier molecular flexibility index (Phi) is 4.32. The van der Waals surface area contributed by atoms with Crippen LogP contribution in [0.3, 0.4) is 0 Å². The van der Waals surface area contributed by atoms with E-state index >= 15 is 0 Å². The number of halogens is 2. The summed E-state index contributed by atoms with van der Waals surface area (Å²) in [6.45, 7) is 0.203. The van der Waals surface area contributed by atoms with E-state index in [-0.39, 0.29) is 12.6 Å². The van der Waals surface area contributed by atoms with E-state index in [1.165, 1.54) is 6.21 Å². The number of esters is 1. The van der Waals surface area contributed by atoms with Crippen LogP contribution >= 0.6 is 23.2 Å². The van der Waals surface area contributed by atoms with Crippen LogP contribution in [0.5, 0.6) is 0 Å². The smallest absolute Gasteiger partial charge is 0.339 e. The highest BCUT2D eigenvalue weighted by Crippen LogP contribution is 2.29. The summed E-state index contributed by atoms with van der Waals surface area (Å²) in [6, 6.07) is 12.3. The van der Waals surface area contributed by atoms with E-state index in [0.717, 1.165) is 11.1 Å². The Labute approximate surface area is 137 Å². The lowest BCUT2D eigenvalue weighted by molar-refractivity contribution is 0.0490. The number of cyclic esters (lactones) is 1. The van der Waals surface area contributed by atoms with Crippen molar-refractivity contribution < 1.29 is 14.4 Å². The first-order chi connectivity index (χ1) is 10.6. The molecule has 1 heterocycles. The molecule has 0 fully saturated rings. The predicted molar refractivity (Wildman–Crippen MR) is 84.3 cm³/mol. The number of hydrogen-bond acceptors (Lipinski definition) is 4. The molecule has 4 nitrogen and oxygen atoms in total. The predicted octanol–water partition coefficient (Wildman–Crippen LogP) is 4.41. The summed E-state index contributed by atoms with van der Waals surface area (Å²) in [4.78, 5) is 16.9. The molecule has 2 aromatic carbocycles. The molecule has 112 valence electrons. The van der Waals surface area contributed by atoms with E-state index in [1.54, 1.807) is 30.3 Å². The first-order valence-corrected chi connectivity index (χ1v) is 7.30. The number of benzene rings is 2. The number of hydrogen-bond donors (Lipinski definition) is 0. The second kappa shape index (κ2) is 6.38. The number of carbonyl (C=O) groups excluding carboxylic acids is 1. The molecule has 6 heteroatoms. The summed E-state index contributed by atoms with van der Waals surface area (Å²) in [6.07, 6.45) is 0.928. The number of carbonyl (C=O) groups is 1. The van der Waals surface area contributed by atoms with Crippen molar-refractivity contribution in [1.82, 2.24) is 0 Å². The molecule has 0 bridgehead atoms. The van der Waals surface area contributed by atoms with Crippen molar-refractivity contribution in [2.24, 2.45) is 5.16 Å². The molecule has 1 aliphatic rings. The van der Waals surface area contributed by atoms with Crippen molar-refractivity contribution in [3.05, 3.63) is 69.2 Å². The average Bonchev–Trinajstić information content (AvgIpc) is 2.82. The fourth-order valence-electron chi connectivity index (χ4n) is 2.13. The minimum absolute atomic E-state index is 0.203. The lowest BCUT2D eigenvalue weighted by Gasteiger charge is -2.05. The number of fused-ring (bicyclic) bond motifs is 1. The quantitative estimate of drug-likeness (QED) is 0.472. The van der Waals surface area contributed by atoms with E-state index in [4.69, 9.17) is 32.8 Å². The van der Waals surface area contributed by atoms with Crippen LogP contribution in [0, 0.1) is 0 Å². The highest BCUT2D eigenvalue weighted by atomic mass is 35.5.